The van der Waals surface area contributed by atoms with Crippen molar-refractivity contribution in [1.29, 1.82) is 0 Å². The van der Waals surface area contributed by atoms with E-state index in [1.165, 1.54) is 0 Å². The first-order valence-electron chi connectivity index (χ1n) is 9.72. The minimum Gasteiger partial charge on any atom is -0.355 e. The highest BCUT2D eigenvalue weighted by Gasteiger charge is 2.24. The quantitative estimate of drug-likeness (QED) is 0.740. The first-order chi connectivity index (χ1) is 14.1. The topological polar surface area (TPSA) is 74.2 Å². The number of benzene rings is 1. The lowest BCUT2D eigenvalue weighted by Crippen LogP contribution is -2.49. The highest BCUT2D eigenvalue weighted by atomic mass is 16.2. The van der Waals surface area contributed by atoms with Crippen LogP contribution in [0, 0.1) is 13.8 Å². The molecule has 1 fully saturated rings. The van der Waals surface area contributed by atoms with Gasteiger partial charge in [0.2, 0.25) is 5.95 Å². The van der Waals surface area contributed by atoms with Gasteiger partial charge in [-0.15, -0.1) is 0 Å². The Kier molecular flexibility index (Phi) is 5.37. The Morgan fingerprint density at radius 1 is 0.897 bits per heavy atom. The van der Waals surface area contributed by atoms with E-state index < -0.39 is 0 Å². The molecule has 0 radical (unpaired) electrons. The van der Waals surface area contributed by atoms with E-state index in [0.29, 0.717) is 37.8 Å². The third-order valence-electron chi connectivity index (χ3n) is 5.13. The van der Waals surface area contributed by atoms with Crippen molar-refractivity contribution in [3.63, 3.8) is 0 Å². The maximum absolute atomic E-state index is 13.0. The van der Waals surface area contributed by atoms with Crippen LogP contribution in [0.3, 0.4) is 0 Å². The van der Waals surface area contributed by atoms with Crippen LogP contribution in [-0.4, -0.2) is 51.9 Å². The number of nitrogens with one attached hydrogen (secondary N) is 1. The molecular weight excluding hydrogens is 364 g/mol. The zero-order valence-corrected chi connectivity index (χ0v) is 16.7. The van der Waals surface area contributed by atoms with E-state index in [1.54, 1.807) is 24.7 Å². The first-order valence-corrected chi connectivity index (χ1v) is 9.72. The van der Waals surface area contributed by atoms with Gasteiger partial charge in [-0.05, 0) is 43.2 Å². The lowest BCUT2D eigenvalue weighted by Gasteiger charge is -2.34. The maximum atomic E-state index is 13.0. The Morgan fingerprint density at radius 2 is 1.59 bits per heavy atom. The Hall–Kier alpha value is -3.48. The number of piperazine rings is 1. The van der Waals surface area contributed by atoms with Crippen molar-refractivity contribution in [2.45, 2.75) is 13.8 Å². The zero-order valence-electron chi connectivity index (χ0n) is 16.7. The van der Waals surface area contributed by atoms with E-state index in [4.69, 9.17) is 0 Å². The van der Waals surface area contributed by atoms with E-state index in [9.17, 15) is 4.79 Å². The molecule has 3 heterocycles. The van der Waals surface area contributed by atoms with Gasteiger partial charge in [0.1, 0.15) is 5.69 Å². The number of hydrogen-bond donors (Lipinski definition) is 1. The predicted molar refractivity (Wildman–Crippen MR) is 114 cm³/mol. The maximum Gasteiger partial charge on any atom is 0.272 e. The molecule has 148 valence electrons. The fraction of sp³-hybridized carbons (Fsp3) is 0.273. The van der Waals surface area contributed by atoms with Crippen molar-refractivity contribution < 1.29 is 4.79 Å². The molecule has 1 saturated heterocycles. The minimum absolute atomic E-state index is 0.0521. The second-order valence-corrected chi connectivity index (χ2v) is 7.15. The van der Waals surface area contributed by atoms with Crippen molar-refractivity contribution in [2.75, 3.05) is 36.4 Å². The number of aryl methyl sites for hydroxylation is 2. The second-order valence-electron chi connectivity index (χ2n) is 7.15. The Morgan fingerprint density at radius 3 is 2.28 bits per heavy atom. The monoisotopic (exact) mass is 388 g/mol. The van der Waals surface area contributed by atoms with E-state index >= 15 is 0 Å². The Labute approximate surface area is 170 Å². The molecule has 1 N–H and O–H groups in total. The van der Waals surface area contributed by atoms with Crippen LogP contribution in [0.4, 0.5) is 17.3 Å². The minimum atomic E-state index is -0.0521. The van der Waals surface area contributed by atoms with Gasteiger partial charge in [0.05, 0.1) is 0 Å². The molecule has 4 rings (SSSR count). The summed E-state index contributed by atoms with van der Waals surface area (Å²) in [6.07, 6.45) is 5.15. The van der Waals surface area contributed by atoms with Gasteiger partial charge >= 0.3 is 0 Å². The summed E-state index contributed by atoms with van der Waals surface area (Å²) in [5, 5.41) is 3.43. The van der Waals surface area contributed by atoms with Gasteiger partial charge in [-0.2, -0.15) is 0 Å². The summed E-state index contributed by atoms with van der Waals surface area (Å²) in [4.78, 5) is 29.8. The third-order valence-corrected chi connectivity index (χ3v) is 5.13. The normalized spacial score (nSPS) is 14.0. The molecular formula is C22H24N6O. The van der Waals surface area contributed by atoms with Crippen molar-refractivity contribution in [1.82, 2.24) is 19.9 Å². The van der Waals surface area contributed by atoms with Crippen LogP contribution in [-0.2, 0) is 0 Å². The standard InChI is InChI=1S/C22H24N6O/c1-16-5-3-6-17(2)20(16)26-18-7-10-23-19(15-18)21(29)27-11-13-28(14-12-27)22-24-8-4-9-25-22/h3-10,15H,11-14H2,1-2H3,(H,23,26). The van der Waals surface area contributed by atoms with Crippen molar-refractivity contribution in [3.8, 4) is 0 Å². The SMILES string of the molecule is Cc1cccc(C)c1Nc1ccnc(C(=O)N2CCN(c3ncccn3)CC2)c1. The molecule has 0 aliphatic carbocycles. The van der Waals surface area contributed by atoms with Gasteiger partial charge < -0.3 is 15.1 Å². The van der Waals surface area contributed by atoms with E-state index in [0.717, 1.165) is 22.5 Å². The summed E-state index contributed by atoms with van der Waals surface area (Å²) in [7, 11) is 0. The summed E-state index contributed by atoms with van der Waals surface area (Å²) < 4.78 is 0. The van der Waals surface area contributed by atoms with Crippen LogP contribution >= 0.6 is 0 Å². The van der Waals surface area contributed by atoms with E-state index in [2.05, 4.69) is 51.1 Å². The lowest BCUT2D eigenvalue weighted by molar-refractivity contribution is 0.0740. The van der Waals surface area contributed by atoms with Crippen LogP contribution in [0.1, 0.15) is 21.6 Å². The first kappa shape index (κ1) is 18.9. The van der Waals surface area contributed by atoms with Crippen LogP contribution in [0.15, 0.2) is 55.0 Å². The molecule has 0 saturated carbocycles. The third kappa shape index (κ3) is 4.18. The van der Waals surface area contributed by atoms with Crippen molar-refractivity contribution in [3.05, 3.63) is 71.8 Å². The number of para-hydroxylation sites is 1. The van der Waals surface area contributed by atoms with Crippen molar-refractivity contribution in [2.24, 2.45) is 0 Å². The molecule has 29 heavy (non-hydrogen) atoms. The van der Waals surface area contributed by atoms with Crippen molar-refractivity contribution >= 4 is 23.2 Å². The fourth-order valence-electron chi connectivity index (χ4n) is 3.51. The molecule has 1 aliphatic rings. The molecule has 1 aromatic carbocycles. The summed E-state index contributed by atoms with van der Waals surface area (Å²) in [6, 6.07) is 11.7. The fourth-order valence-corrected chi connectivity index (χ4v) is 3.51. The highest BCUT2D eigenvalue weighted by Crippen LogP contribution is 2.24. The number of hydrogen-bond acceptors (Lipinski definition) is 6. The Bertz CT molecular complexity index is 979. The number of carbonyl (C=O) groups excluding carboxylic acids is 1. The highest BCUT2D eigenvalue weighted by molar-refractivity contribution is 5.93. The number of carbonyl (C=O) groups is 1. The van der Waals surface area contributed by atoms with E-state index in [1.807, 2.05) is 23.1 Å². The number of amides is 1. The van der Waals surface area contributed by atoms with Crippen LogP contribution in [0.2, 0.25) is 0 Å². The molecule has 1 aliphatic heterocycles. The summed E-state index contributed by atoms with van der Waals surface area (Å²) in [6.45, 7) is 6.78. The average Bonchev–Trinajstić information content (AvgIpc) is 2.77. The number of rotatable bonds is 4. The molecule has 2 aromatic heterocycles. The number of aromatic nitrogens is 3. The Balaban J connectivity index is 1.44. The van der Waals surface area contributed by atoms with Crippen LogP contribution in [0.5, 0.6) is 0 Å². The smallest absolute Gasteiger partial charge is 0.272 e. The molecule has 3 aromatic rings. The molecule has 0 bridgehead atoms. The predicted octanol–water partition coefficient (Wildman–Crippen LogP) is 3.19. The summed E-state index contributed by atoms with van der Waals surface area (Å²) in [5.41, 5.74) is 4.69. The van der Waals surface area contributed by atoms with Crippen LogP contribution in [0.25, 0.3) is 0 Å². The largest absolute Gasteiger partial charge is 0.355 e. The van der Waals surface area contributed by atoms with Gasteiger partial charge in [-0.1, -0.05) is 18.2 Å². The van der Waals surface area contributed by atoms with Crippen LogP contribution < -0.4 is 10.2 Å². The second kappa shape index (κ2) is 8.26. The average molecular weight is 388 g/mol. The summed E-state index contributed by atoms with van der Waals surface area (Å²) in [5.74, 6) is 0.654. The molecule has 7 nitrogen and oxygen atoms in total. The number of anilines is 3. The van der Waals surface area contributed by atoms with Gasteiger partial charge in [0, 0.05) is 56.1 Å². The van der Waals surface area contributed by atoms with Gasteiger partial charge in [-0.3, -0.25) is 9.78 Å². The van der Waals surface area contributed by atoms with Gasteiger partial charge in [0.25, 0.3) is 5.91 Å². The molecule has 0 spiro atoms. The van der Waals surface area contributed by atoms with Gasteiger partial charge in [0.15, 0.2) is 0 Å². The molecule has 7 heteroatoms. The number of nitrogens with zero attached hydrogens (tertiary/aromatic N) is 5. The molecule has 1 amide bonds. The summed E-state index contributed by atoms with van der Waals surface area (Å²) >= 11 is 0. The van der Waals surface area contributed by atoms with E-state index in [-0.39, 0.29) is 5.91 Å². The number of pyridine rings is 1. The zero-order chi connectivity index (χ0) is 20.2. The lowest BCUT2D eigenvalue weighted by atomic mass is 10.1. The molecule has 0 atom stereocenters. The van der Waals surface area contributed by atoms with Gasteiger partial charge in [-0.25, -0.2) is 9.97 Å². The molecule has 0 unspecified atom stereocenters.